The Kier molecular flexibility index (Phi) is 7.28. The lowest BCUT2D eigenvalue weighted by Gasteiger charge is -1.99. The van der Waals surface area contributed by atoms with E-state index in [1.165, 1.54) is 19.3 Å². The van der Waals surface area contributed by atoms with Crippen molar-refractivity contribution in [1.82, 2.24) is 5.32 Å². The molecule has 0 aromatic carbocycles. The Bertz CT molecular complexity index is 421. The minimum atomic E-state index is -0.991. The van der Waals surface area contributed by atoms with E-state index in [0.29, 0.717) is 5.17 Å². The van der Waals surface area contributed by atoms with Gasteiger partial charge in [-0.1, -0.05) is 37.9 Å². The van der Waals surface area contributed by atoms with Crippen LogP contribution in [0.2, 0.25) is 0 Å². The Morgan fingerprint density at radius 2 is 2.15 bits per heavy atom. The van der Waals surface area contributed by atoms with Crippen molar-refractivity contribution in [1.29, 1.82) is 0 Å². The van der Waals surface area contributed by atoms with Gasteiger partial charge >= 0.3 is 5.97 Å². The van der Waals surface area contributed by atoms with Crippen molar-refractivity contribution in [2.24, 2.45) is 10.2 Å². The number of unbranched alkanes of at least 4 members (excludes halogenated alkanes) is 3. The van der Waals surface area contributed by atoms with E-state index in [1.807, 2.05) is 6.92 Å². The fourth-order valence-electron chi connectivity index (χ4n) is 1.73. The summed E-state index contributed by atoms with van der Waals surface area (Å²) in [5.41, 5.74) is 0.921. The van der Waals surface area contributed by atoms with Crippen LogP contribution in [0.15, 0.2) is 10.2 Å². The summed E-state index contributed by atoms with van der Waals surface area (Å²) in [6.07, 6.45) is 5.40. The van der Waals surface area contributed by atoms with E-state index in [0.717, 1.165) is 30.3 Å². The summed E-state index contributed by atoms with van der Waals surface area (Å²) in [5, 5.41) is 19.0. The number of carboxylic acids is 1. The average molecular weight is 299 g/mol. The molecule has 1 saturated heterocycles. The molecule has 1 aliphatic heterocycles. The van der Waals surface area contributed by atoms with Gasteiger partial charge in [0.15, 0.2) is 5.17 Å². The molecule has 7 heteroatoms. The summed E-state index contributed by atoms with van der Waals surface area (Å²) in [4.78, 5) is 22.1. The van der Waals surface area contributed by atoms with Gasteiger partial charge in [0.2, 0.25) is 5.91 Å². The molecular formula is C13H21N3O3S. The number of nitrogens with one attached hydrogen (secondary N) is 1. The number of aliphatic carboxylic acids is 1. The largest absolute Gasteiger partial charge is 0.481 e. The zero-order valence-corrected chi connectivity index (χ0v) is 12.7. The number of carbonyl (C=O) groups is 2. The maximum atomic E-state index is 11.5. The fourth-order valence-corrected chi connectivity index (χ4v) is 2.64. The zero-order chi connectivity index (χ0) is 15.0. The van der Waals surface area contributed by atoms with Gasteiger partial charge in [-0.15, -0.1) is 5.10 Å². The second-order valence-corrected chi connectivity index (χ2v) is 5.94. The van der Waals surface area contributed by atoms with Gasteiger partial charge in [0.05, 0.1) is 6.42 Å². The summed E-state index contributed by atoms with van der Waals surface area (Å²) in [6.45, 7) is 4.08. The van der Waals surface area contributed by atoms with Crippen molar-refractivity contribution in [3.8, 4) is 0 Å². The summed E-state index contributed by atoms with van der Waals surface area (Å²) in [6, 6.07) is 0. The molecule has 6 nitrogen and oxygen atoms in total. The van der Waals surface area contributed by atoms with Gasteiger partial charge in [-0.3, -0.25) is 9.59 Å². The topological polar surface area (TPSA) is 91.1 Å². The van der Waals surface area contributed by atoms with Crippen molar-refractivity contribution >= 4 is 34.5 Å². The maximum absolute atomic E-state index is 11.5. The molecule has 0 aliphatic carbocycles. The number of hydrogen-bond donors (Lipinski definition) is 2. The lowest BCUT2D eigenvalue weighted by Crippen LogP contribution is -2.26. The molecule has 0 saturated carbocycles. The SMILES string of the molecule is CCCCCC/C(C)=N/N=C1/NC(=O)C(CC(=O)O)S1. The predicted molar refractivity (Wildman–Crippen MR) is 81.1 cm³/mol. The second kappa shape index (κ2) is 8.73. The highest BCUT2D eigenvalue weighted by Gasteiger charge is 2.32. The minimum Gasteiger partial charge on any atom is -0.481 e. The molecule has 1 unspecified atom stereocenters. The molecule has 2 N–H and O–H groups in total. The highest BCUT2D eigenvalue weighted by Crippen LogP contribution is 2.22. The van der Waals surface area contributed by atoms with E-state index < -0.39 is 11.2 Å². The Morgan fingerprint density at radius 1 is 1.40 bits per heavy atom. The van der Waals surface area contributed by atoms with E-state index >= 15 is 0 Å². The highest BCUT2D eigenvalue weighted by molar-refractivity contribution is 8.15. The average Bonchev–Trinajstić information content (AvgIpc) is 2.72. The Morgan fingerprint density at radius 3 is 2.80 bits per heavy atom. The van der Waals surface area contributed by atoms with Crippen molar-refractivity contribution in [3.05, 3.63) is 0 Å². The Balaban J connectivity index is 2.42. The van der Waals surface area contributed by atoms with Gasteiger partial charge in [0.25, 0.3) is 0 Å². The first-order valence-corrected chi connectivity index (χ1v) is 7.71. The smallest absolute Gasteiger partial charge is 0.305 e. The van der Waals surface area contributed by atoms with Gasteiger partial charge in [-0.05, 0) is 19.8 Å². The van der Waals surface area contributed by atoms with Crippen molar-refractivity contribution in [3.63, 3.8) is 0 Å². The quantitative estimate of drug-likeness (QED) is 0.409. The van der Waals surface area contributed by atoms with Crippen LogP contribution < -0.4 is 5.32 Å². The van der Waals surface area contributed by atoms with Crippen LogP contribution in [0.25, 0.3) is 0 Å². The first kappa shape index (κ1) is 16.7. The standard InChI is InChI=1S/C13H21N3O3S/c1-3-4-5-6-7-9(2)15-16-13-14-12(19)10(20-13)8-11(17)18/h10H,3-8H2,1-2H3,(H,17,18)(H,14,16,19)/b15-9+. The molecule has 1 aliphatic rings. The third-order valence-corrected chi connectivity index (χ3v) is 3.91. The highest BCUT2D eigenvalue weighted by atomic mass is 32.2. The van der Waals surface area contributed by atoms with Crippen LogP contribution >= 0.6 is 11.8 Å². The summed E-state index contributed by atoms with van der Waals surface area (Å²) in [5.74, 6) is -1.30. The molecule has 0 spiro atoms. The summed E-state index contributed by atoms with van der Waals surface area (Å²) < 4.78 is 0. The molecule has 1 heterocycles. The minimum absolute atomic E-state index is 0.199. The number of nitrogens with zero attached hydrogens (tertiary/aromatic N) is 2. The number of carbonyl (C=O) groups excluding carboxylic acids is 1. The van der Waals surface area contributed by atoms with Crippen LogP contribution in [0, 0.1) is 0 Å². The van der Waals surface area contributed by atoms with E-state index in [-0.39, 0.29) is 12.3 Å². The molecule has 1 rings (SSSR count). The number of hydrogen-bond acceptors (Lipinski definition) is 5. The van der Waals surface area contributed by atoms with Crippen LogP contribution in [-0.4, -0.2) is 33.1 Å². The Hall–Kier alpha value is -1.37. The van der Waals surface area contributed by atoms with Crippen LogP contribution in [-0.2, 0) is 9.59 Å². The number of thioether (sulfide) groups is 1. The van der Waals surface area contributed by atoms with E-state index in [9.17, 15) is 9.59 Å². The first-order chi connectivity index (χ1) is 9.52. The van der Waals surface area contributed by atoms with Crippen molar-refractivity contribution in [2.45, 2.75) is 57.6 Å². The molecule has 0 aromatic heterocycles. The van der Waals surface area contributed by atoms with Gasteiger partial charge in [-0.2, -0.15) is 5.10 Å². The van der Waals surface area contributed by atoms with Crippen molar-refractivity contribution in [2.75, 3.05) is 0 Å². The lowest BCUT2D eigenvalue weighted by atomic mass is 10.1. The Labute approximate surface area is 123 Å². The van der Waals surface area contributed by atoms with Gasteiger partial charge in [-0.25, -0.2) is 0 Å². The third-order valence-electron chi connectivity index (χ3n) is 2.84. The number of carboxylic acid groups (broad SMARTS) is 1. The van der Waals surface area contributed by atoms with Gasteiger partial charge in [0, 0.05) is 5.71 Å². The molecule has 1 amide bonds. The molecule has 0 radical (unpaired) electrons. The molecule has 1 atom stereocenters. The van der Waals surface area contributed by atoms with Crippen LogP contribution in [0.3, 0.4) is 0 Å². The molecule has 112 valence electrons. The van der Waals surface area contributed by atoms with E-state index in [2.05, 4.69) is 22.4 Å². The normalized spacial score (nSPS) is 21.3. The monoisotopic (exact) mass is 299 g/mol. The number of amidine groups is 1. The molecule has 0 bridgehead atoms. The van der Waals surface area contributed by atoms with Gasteiger partial charge < -0.3 is 10.4 Å². The lowest BCUT2D eigenvalue weighted by molar-refractivity contribution is -0.138. The molecule has 0 aromatic rings. The fraction of sp³-hybridized carbons (Fsp3) is 0.692. The summed E-state index contributed by atoms with van der Waals surface area (Å²) >= 11 is 1.12. The van der Waals surface area contributed by atoms with Crippen LogP contribution in [0.5, 0.6) is 0 Å². The molecular weight excluding hydrogens is 278 g/mol. The van der Waals surface area contributed by atoms with Crippen LogP contribution in [0.4, 0.5) is 0 Å². The second-order valence-electron chi connectivity index (χ2n) is 4.74. The third kappa shape index (κ3) is 6.18. The van der Waals surface area contributed by atoms with E-state index in [4.69, 9.17) is 5.11 Å². The number of amides is 1. The molecule has 1 fully saturated rings. The summed E-state index contributed by atoms with van der Waals surface area (Å²) in [7, 11) is 0. The predicted octanol–water partition coefficient (Wildman–Crippen LogP) is 2.40. The first-order valence-electron chi connectivity index (χ1n) is 6.83. The van der Waals surface area contributed by atoms with Crippen LogP contribution in [0.1, 0.15) is 52.4 Å². The van der Waals surface area contributed by atoms with Crippen molar-refractivity contribution < 1.29 is 14.7 Å². The zero-order valence-electron chi connectivity index (χ0n) is 11.9. The molecule has 20 heavy (non-hydrogen) atoms. The maximum Gasteiger partial charge on any atom is 0.305 e. The van der Waals surface area contributed by atoms with Gasteiger partial charge in [0.1, 0.15) is 5.25 Å². The van der Waals surface area contributed by atoms with E-state index in [1.54, 1.807) is 0 Å². The number of rotatable bonds is 8.